The fourth-order valence-electron chi connectivity index (χ4n) is 1.74. The molecule has 2 N–H and O–H groups in total. The van der Waals surface area contributed by atoms with Crippen molar-refractivity contribution in [1.82, 2.24) is 0 Å². The predicted molar refractivity (Wildman–Crippen MR) is 57.3 cm³/mol. The standard InChI is InChI=1S/C12H17NO/c1-10-9-12(10,13)7-8-14-11-5-3-2-4-6-11/h2-6,10H,7-9,13H2,1H3. The number of benzene rings is 1. The fraction of sp³-hybridized carbons (Fsp3) is 0.500. The summed E-state index contributed by atoms with van der Waals surface area (Å²) in [6, 6.07) is 9.89. The van der Waals surface area contributed by atoms with Crippen molar-refractivity contribution < 1.29 is 4.74 Å². The molecule has 1 fully saturated rings. The van der Waals surface area contributed by atoms with Crippen LogP contribution >= 0.6 is 0 Å². The van der Waals surface area contributed by atoms with Gasteiger partial charge in [0.15, 0.2) is 0 Å². The normalized spacial score (nSPS) is 30.0. The molecule has 2 heteroatoms. The first-order chi connectivity index (χ1) is 6.71. The fourth-order valence-corrected chi connectivity index (χ4v) is 1.74. The maximum atomic E-state index is 6.07. The van der Waals surface area contributed by atoms with Crippen LogP contribution < -0.4 is 10.5 Å². The van der Waals surface area contributed by atoms with Gasteiger partial charge in [-0.15, -0.1) is 0 Å². The highest BCUT2D eigenvalue weighted by Gasteiger charge is 2.46. The van der Waals surface area contributed by atoms with E-state index < -0.39 is 0 Å². The molecule has 0 heterocycles. The molecule has 0 spiro atoms. The Hall–Kier alpha value is -1.02. The van der Waals surface area contributed by atoms with Crippen LogP contribution in [0.3, 0.4) is 0 Å². The molecule has 1 aliphatic rings. The molecular formula is C12H17NO. The quantitative estimate of drug-likeness (QED) is 0.791. The summed E-state index contributed by atoms with van der Waals surface area (Å²) in [5.74, 6) is 1.60. The lowest BCUT2D eigenvalue weighted by Gasteiger charge is -2.11. The predicted octanol–water partition coefficient (Wildman–Crippen LogP) is 2.19. The highest BCUT2D eigenvalue weighted by atomic mass is 16.5. The third-order valence-corrected chi connectivity index (χ3v) is 3.09. The largest absolute Gasteiger partial charge is 0.494 e. The zero-order valence-corrected chi connectivity index (χ0v) is 8.57. The highest BCUT2D eigenvalue weighted by molar-refractivity contribution is 5.21. The lowest BCUT2D eigenvalue weighted by molar-refractivity contribution is 0.289. The van der Waals surface area contributed by atoms with Gasteiger partial charge in [0.05, 0.1) is 6.61 Å². The molecule has 0 saturated heterocycles. The van der Waals surface area contributed by atoms with Crippen LogP contribution in [0.5, 0.6) is 5.75 Å². The molecular weight excluding hydrogens is 174 g/mol. The average Bonchev–Trinajstić information content (AvgIpc) is 2.76. The van der Waals surface area contributed by atoms with Gasteiger partial charge in [0.2, 0.25) is 0 Å². The van der Waals surface area contributed by atoms with E-state index in [2.05, 4.69) is 6.92 Å². The van der Waals surface area contributed by atoms with Crippen LogP contribution in [0, 0.1) is 5.92 Å². The maximum Gasteiger partial charge on any atom is 0.119 e. The van der Waals surface area contributed by atoms with Crippen molar-refractivity contribution in [3.63, 3.8) is 0 Å². The molecule has 1 aromatic carbocycles. The molecule has 1 aromatic rings. The van der Waals surface area contributed by atoms with Crippen LogP contribution in [0.4, 0.5) is 0 Å². The lowest BCUT2D eigenvalue weighted by atomic mass is 10.1. The smallest absolute Gasteiger partial charge is 0.119 e. The van der Waals surface area contributed by atoms with E-state index in [-0.39, 0.29) is 5.54 Å². The van der Waals surface area contributed by atoms with E-state index in [4.69, 9.17) is 10.5 Å². The summed E-state index contributed by atoms with van der Waals surface area (Å²) < 4.78 is 5.59. The van der Waals surface area contributed by atoms with Crippen molar-refractivity contribution in [1.29, 1.82) is 0 Å². The molecule has 1 saturated carbocycles. The first-order valence-corrected chi connectivity index (χ1v) is 5.17. The van der Waals surface area contributed by atoms with Crippen LogP contribution in [0.2, 0.25) is 0 Å². The van der Waals surface area contributed by atoms with Crippen LogP contribution in [0.15, 0.2) is 30.3 Å². The molecule has 14 heavy (non-hydrogen) atoms. The highest BCUT2D eigenvalue weighted by Crippen LogP contribution is 2.42. The third-order valence-electron chi connectivity index (χ3n) is 3.09. The van der Waals surface area contributed by atoms with Crippen molar-refractivity contribution in [2.24, 2.45) is 11.7 Å². The molecule has 2 rings (SSSR count). The maximum absolute atomic E-state index is 6.07. The molecule has 0 bridgehead atoms. The molecule has 0 radical (unpaired) electrons. The Balaban J connectivity index is 1.74. The first-order valence-electron chi connectivity index (χ1n) is 5.17. The summed E-state index contributed by atoms with van der Waals surface area (Å²) >= 11 is 0. The summed E-state index contributed by atoms with van der Waals surface area (Å²) in [7, 11) is 0. The van der Waals surface area contributed by atoms with E-state index in [9.17, 15) is 0 Å². The molecule has 0 aliphatic heterocycles. The van der Waals surface area contributed by atoms with Gasteiger partial charge in [0.1, 0.15) is 5.75 Å². The van der Waals surface area contributed by atoms with Crippen molar-refractivity contribution >= 4 is 0 Å². The zero-order valence-electron chi connectivity index (χ0n) is 8.57. The Labute approximate surface area is 85.1 Å². The number of para-hydroxylation sites is 1. The van der Waals surface area contributed by atoms with Gasteiger partial charge in [-0.3, -0.25) is 0 Å². The van der Waals surface area contributed by atoms with E-state index in [1.807, 2.05) is 30.3 Å². The SMILES string of the molecule is CC1CC1(N)CCOc1ccccc1. The minimum absolute atomic E-state index is 0.0643. The van der Waals surface area contributed by atoms with E-state index in [0.717, 1.165) is 25.2 Å². The Morgan fingerprint density at radius 3 is 2.64 bits per heavy atom. The summed E-state index contributed by atoms with van der Waals surface area (Å²) in [6.07, 6.45) is 2.11. The van der Waals surface area contributed by atoms with Gasteiger partial charge in [0, 0.05) is 5.54 Å². The minimum Gasteiger partial charge on any atom is -0.494 e. The van der Waals surface area contributed by atoms with Crippen molar-refractivity contribution in [2.75, 3.05) is 6.61 Å². The number of hydrogen-bond acceptors (Lipinski definition) is 2. The van der Waals surface area contributed by atoms with Gasteiger partial charge in [-0.2, -0.15) is 0 Å². The molecule has 2 atom stereocenters. The van der Waals surface area contributed by atoms with Gasteiger partial charge in [-0.1, -0.05) is 25.1 Å². The Morgan fingerprint density at radius 2 is 2.07 bits per heavy atom. The molecule has 2 unspecified atom stereocenters. The minimum atomic E-state index is 0.0643. The van der Waals surface area contributed by atoms with E-state index >= 15 is 0 Å². The van der Waals surface area contributed by atoms with Gasteiger partial charge in [0.25, 0.3) is 0 Å². The Bertz CT molecular complexity index is 298. The zero-order chi connectivity index (χ0) is 10.0. The van der Waals surface area contributed by atoms with E-state index in [1.165, 1.54) is 0 Å². The Kier molecular flexibility index (Phi) is 2.46. The molecule has 0 aromatic heterocycles. The first kappa shape index (κ1) is 9.53. The molecule has 1 aliphatic carbocycles. The summed E-state index contributed by atoms with van der Waals surface area (Å²) in [6.45, 7) is 2.92. The average molecular weight is 191 g/mol. The third kappa shape index (κ3) is 2.07. The second-order valence-electron chi connectivity index (χ2n) is 4.25. The van der Waals surface area contributed by atoms with Crippen LogP contribution in [0.25, 0.3) is 0 Å². The van der Waals surface area contributed by atoms with Crippen molar-refractivity contribution in [3.8, 4) is 5.75 Å². The topological polar surface area (TPSA) is 35.2 Å². The lowest BCUT2D eigenvalue weighted by Crippen LogP contribution is -2.26. The van der Waals surface area contributed by atoms with Crippen LogP contribution in [-0.4, -0.2) is 12.1 Å². The Morgan fingerprint density at radius 1 is 1.43 bits per heavy atom. The van der Waals surface area contributed by atoms with E-state index in [1.54, 1.807) is 0 Å². The molecule has 2 nitrogen and oxygen atoms in total. The summed E-state index contributed by atoms with van der Waals surface area (Å²) in [5.41, 5.74) is 6.14. The molecule has 0 amide bonds. The van der Waals surface area contributed by atoms with Crippen molar-refractivity contribution in [3.05, 3.63) is 30.3 Å². The van der Waals surface area contributed by atoms with Gasteiger partial charge in [-0.05, 0) is 30.9 Å². The number of hydrogen-bond donors (Lipinski definition) is 1. The van der Waals surface area contributed by atoms with Crippen LogP contribution in [-0.2, 0) is 0 Å². The second kappa shape index (κ2) is 3.62. The number of ether oxygens (including phenoxy) is 1. The molecule has 76 valence electrons. The van der Waals surface area contributed by atoms with Gasteiger partial charge >= 0.3 is 0 Å². The summed E-state index contributed by atoms with van der Waals surface area (Å²) in [5, 5.41) is 0. The summed E-state index contributed by atoms with van der Waals surface area (Å²) in [4.78, 5) is 0. The number of nitrogens with two attached hydrogens (primary N) is 1. The second-order valence-corrected chi connectivity index (χ2v) is 4.25. The van der Waals surface area contributed by atoms with Crippen LogP contribution in [0.1, 0.15) is 19.8 Å². The van der Waals surface area contributed by atoms with Gasteiger partial charge in [-0.25, -0.2) is 0 Å². The van der Waals surface area contributed by atoms with E-state index in [0.29, 0.717) is 5.92 Å². The monoisotopic (exact) mass is 191 g/mol. The van der Waals surface area contributed by atoms with Crippen molar-refractivity contribution in [2.45, 2.75) is 25.3 Å². The van der Waals surface area contributed by atoms with Gasteiger partial charge < -0.3 is 10.5 Å². The number of rotatable bonds is 4.